The highest BCUT2D eigenvalue weighted by Gasteiger charge is 2.14. The summed E-state index contributed by atoms with van der Waals surface area (Å²) in [5.41, 5.74) is 6.21. The second-order valence-electron chi connectivity index (χ2n) is 6.01. The number of hydrogen-bond donors (Lipinski definition) is 1. The van der Waals surface area contributed by atoms with Crippen molar-refractivity contribution in [2.24, 2.45) is 0 Å². The fourth-order valence-electron chi connectivity index (χ4n) is 2.43. The van der Waals surface area contributed by atoms with Gasteiger partial charge in [-0.05, 0) is 36.4 Å². The molecule has 138 valence electrons. The Balaban J connectivity index is 2.33. The highest BCUT2D eigenvalue weighted by molar-refractivity contribution is 5.84. The lowest BCUT2D eigenvalue weighted by molar-refractivity contribution is 0.112. The Kier molecular flexibility index (Phi) is 6.77. The van der Waals surface area contributed by atoms with Crippen LogP contribution in [0.4, 0.5) is 14.6 Å². The van der Waals surface area contributed by atoms with Gasteiger partial charge in [0, 0.05) is 19.2 Å². The normalized spacial score (nSPS) is 11.1. The average Bonchev–Trinajstić information content (AvgIpc) is 2.63. The van der Waals surface area contributed by atoms with E-state index in [0.717, 1.165) is 38.1 Å². The molecule has 0 atom stereocenters. The van der Waals surface area contributed by atoms with E-state index in [0.29, 0.717) is 11.8 Å². The Morgan fingerprint density at radius 2 is 1.96 bits per heavy atom. The SMILES string of the molecule is CCCCCN(C)/C=C\c1cc(-c2ncc(F)c(N)n2)c(F)cc1C=O. The Hall–Kier alpha value is -2.83. The average molecular weight is 360 g/mol. The van der Waals surface area contributed by atoms with E-state index < -0.39 is 11.6 Å². The number of benzene rings is 1. The van der Waals surface area contributed by atoms with Gasteiger partial charge in [0.05, 0.1) is 11.8 Å². The predicted molar refractivity (Wildman–Crippen MR) is 98.4 cm³/mol. The van der Waals surface area contributed by atoms with Crippen molar-refractivity contribution in [3.63, 3.8) is 0 Å². The van der Waals surface area contributed by atoms with Crippen molar-refractivity contribution in [3.8, 4) is 11.4 Å². The highest BCUT2D eigenvalue weighted by atomic mass is 19.1. The first-order valence-electron chi connectivity index (χ1n) is 8.41. The van der Waals surface area contributed by atoms with Crippen LogP contribution in [0.25, 0.3) is 17.5 Å². The summed E-state index contributed by atoms with van der Waals surface area (Å²) < 4.78 is 27.6. The van der Waals surface area contributed by atoms with Crippen molar-refractivity contribution in [1.29, 1.82) is 0 Å². The maximum absolute atomic E-state index is 14.3. The molecule has 1 aromatic heterocycles. The first-order valence-corrected chi connectivity index (χ1v) is 8.41. The molecule has 0 radical (unpaired) electrons. The van der Waals surface area contributed by atoms with E-state index in [1.54, 1.807) is 6.08 Å². The summed E-state index contributed by atoms with van der Waals surface area (Å²) >= 11 is 0. The van der Waals surface area contributed by atoms with Gasteiger partial charge in [-0.15, -0.1) is 0 Å². The number of nitrogens with zero attached hydrogens (tertiary/aromatic N) is 3. The maximum atomic E-state index is 14.3. The van der Waals surface area contributed by atoms with E-state index in [9.17, 15) is 13.6 Å². The topological polar surface area (TPSA) is 72.1 Å². The molecule has 0 saturated heterocycles. The van der Waals surface area contributed by atoms with E-state index in [1.807, 2.05) is 18.1 Å². The van der Waals surface area contributed by atoms with Crippen LogP contribution in [0.2, 0.25) is 0 Å². The maximum Gasteiger partial charge on any atom is 0.183 e. The van der Waals surface area contributed by atoms with Crippen LogP contribution in [0, 0.1) is 11.6 Å². The molecule has 0 aliphatic carbocycles. The minimum atomic E-state index is -0.771. The van der Waals surface area contributed by atoms with Crippen molar-refractivity contribution in [2.45, 2.75) is 26.2 Å². The minimum absolute atomic E-state index is 0.0372. The van der Waals surface area contributed by atoms with E-state index in [1.165, 1.54) is 6.07 Å². The second kappa shape index (κ2) is 9.03. The van der Waals surface area contributed by atoms with E-state index in [4.69, 9.17) is 5.73 Å². The third-order valence-electron chi connectivity index (χ3n) is 3.93. The Labute approximate surface area is 151 Å². The number of unbranched alkanes of at least 4 members (excludes halogenated alkanes) is 2. The van der Waals surface area contributed by atoms with Gasteiger partial charge in [0.15, 0.2) is 23.7 Å². The van der Waals surface area contributed by atoms with Crippen molar-refractivity contribution in [2.75, 3.05) is 19.3 Å². The van der Waals surface area contributed by atoms with Crippen molar-refractivity contribution < 1.29 is 13.6 Å². The number of anilines is 1. The molecule has 0 aliphatic heterocycles. The summed E-state index contributed by atoms with van der Waals surface area (Å²) in [4.78, 5) is 20.8. The van der Waals surface area contributed by atoms with Gasteiger partial charge in [-0.3, -0.25) is 4.79 Å². The molecule has 7 heteroatoms. The van der Waals surface area contributed by atoms with Gasteiger partial charge in [-0.2, -0.15) is 0 Å². The van der Waals surface area contributed by atoms with Gasteiger partial charge < -0.3 is 10.6 Å². The zero-order valence-electron chi connectivity index (χ0n) is 14.9. The van der Waals surface area contributed by atoms with Gasteiger partial charge in [0.1, 0.15) is 5.82 Å². The Morgan fingerprint density at radius 1 is 1.19 bits per heavy atom. The van der Waals surface area contributed by atoms with Crippen molar-refractivity contribution in [3.05, 3.63) is 47.3 Å². The van der Waals surface area contributed by atoms with Gasteiger partial charge in [-0.25, -0.2) is 18.7 Å². The molecule has 0 unspecified atom stereocenters. The number of rotatable bonds is 8. The van der Waals surface area contributed by atoms with Gasteiger partial charge in [0.25, 0.3) is 0 Å². The predicted octanol–water partition coefficient (Wildman–Crippen LogP) is 3.91. The Bertz CT molecular complexity index is 808. The summed E-state index contributed by atoms with van der Waals surface area (Å²) in [5.74, 6) is -1.84. The van der Waals surface area contributed by atoms with E-state index >= 15 is 0 Å². The number of aldehydes is 1. The fourth-order valence-corrected chi connectivity index (χ4v) is 2.43. The third-order valence-corrected chi connectivity index (χ3v) is 3.93. The van der Waals surface area contributed by atoms with Crippen LogP contribution in [0.3, 0.4) is 0 Å². The van der Waals surface area contributed by atoms with E-state index in [2.05, 4.69) is 16.9 Å². The molecule has 0 spiro atoms. The minimum Gasteiger partial charge on any atom is -0.381 e. The lowest BCUT2D eigenvalue weighted by Gasteiger charge is -2.13. The molecule has 1 heterocycles. The summed E-state index contributed by atoms with van der Waals surface area (Å²) in [6.45, 7) is 3.02. The summed E-state index contributed by atoms with van der Waals surface area (Å²) in [6.07, 6.45) is 8.38. The smallest absolute Gasteiger partial charge is 0.183 e. The molecule has 0 amide bonds. The molecule has 1 aromatic carbocycles. The summed E-state index contributed by atoms with van der Waals surface area (Å²) in [5, 5.41) is 0. The number of halogens is 2. The first kappa shape index (κ1) is 19.5. The molecule has 0 saturated carbocycles. The van der Waals surface area contributed by atoms with Crippen molar-refractivity contribution >= 4 is 18.2 Å². The molecule has 2 rings (SSSR count). The molecule has 2 aromatic rings. The summed E-state index contributed by atoms with van der Waals surface area (Å²) in [7, 11) is 1.93. The van der Waals surface area contributed by atoms with Crippen LogP contribution < -0.4 is 5.73 Å². The van der Waals surface area contributed by atoms with Crippen LogP contribution in [-0.4, -0.2) is 34.7 Å². The van der Waals surface area contributed by atoms with Crippen LogP contribution >= 0.6 is 0 Å². The lowest BCUT2D eigenvalue weighted by atomic mass is 10.0. The van der Waals surface area contributed by atoms with Gasteiger partial charge >= 0.3 is 0 Å². The number of nitrogens with two attached hydrogens (primary N) is 1. The monoisotopic (exact) mass is 360 g/mol. The van der Waals surface area contributed by atoms with Crippen LogP contribution in [-0.2, 0) is 0 Å². The lowest BCUT2D eigenvalue weighted by Crippen LogP contribution is -2.11. The number of hydrogen-bond acceptors (Lipinski definition) is 5. The first-order chi connectivity index (χ1) is 12.5. The molecule has 0 aliphatic rings. The molecular weight excluding hydrogens is 338 g/mol. The number of carbonyl (C=O) groups is 1. The van der Waals surface area contributed by atoms with Gasteiger partial charge in [-0.1, -0.05) is 19.8 Å². The molecule has 5 nitrogen and oxygen atoms in total. The molecule has 0 bridgehead atoms. The third kappa shape index (κ3) is 4.84. The molecule has 2 N–H and O–H groups in total. The second-order valence-corrected chi connectivity index (χ2v) is 6.01. The molecular formula is C19H22F2N4O. The fraction of sp³-hybridized carbons (Fsp3) is 0.316. The van der Waals surface area contributed by atoms with Crippen LogP contribution in [0.1, 0.15) is 42.1 Å². The van der Waals surface area contributed by atoms with Crippen molar-refractivity contribution in [1.82, 2.24) is 14.9 Å². The standard InChI is InChI=1S/C19H22F2N4O/c1-3-4-5-7-25(2)8-6-13-9-15(16(20)10-14(13)12-26)19-23-11-17(21)18(22)24-19/h6,8-12H,3-5,7H2,1-2H3,(H2,22,23,24)/b8-6-. The number of carbonyl (C=O) groups excluding carboxylic acids is 1. The quantitative estimate of drug-likeness (QED) is 0.571. The largest absolute Gasteiger partial charge is 0.381 e. The highest BCUT2D eigenvalue weighted by Crippen LogP contribution is 2.25. The zero-order chi connectivity index (χ0) is 19.1. The summed E-state index contributed by atoms with van der Waals surface area (Å²) in [6, 6.07) is 2.57. The van der Waals surface area contributed by atoms with Crippen LogP contribution in [0.15, 0.2) is 24.5 Å². The number of nitrogen functional groups attached to an aromatic ring is 1. The van der Waals surface area contributed by atoms with Gasteiger partial charge in [0.2, 0.25) is 0 Å². The Morgan fingerprint density at radius 3 is 2.62 bits per heavy atom. The molecule has 26 heavy (non-hydrogen) atoms. The van der Waals surface area contributed by atoms with E-state index in [-0.39, 0.29) is 22.8 Å². The number of aromatic nitrogens is 2. The van der Waals surface area contributed by atoms with Crippen LogP contribution in [0.5, 0.6) is 0 Å². The zero-order valence-corrected chi connectivity index (χ0v) is 14.9. The molecule has 0 fully saturated rings.